The fraction of sp³-hybridized carbons (Fsp3) is 0.269. The molecule has 2 aromatic carbocycles. The van der Waals surface area contributed by atoms with Gasteiger partial charge in [-0.2, -0.15) is 0 Å². The van der Waals surface area contributed by atoms with E-state index in [1.54, 1.807) is 20.8 Å². The van der Waals surface area contributed by atoms with Crippen LogP contribution in [0.25, 0.3) is 10.9 Å². The van der Waals surface area contributed by atoms with E-state index in [1.807, 2.05) is 61.7 Å². The van der Waals surface area contributed by atoms with Crippen molar-refractivity contribution in [2.45, 2.75) is 45.8 Å². The number of fused-ring (bicyclic) bond motifs is 1. The van der Waals surface area contributed by atoms with E-state index in [-0.39, 0.29) is 11.5 Å². The molecule has 0 saturated heterocycles. The summed E-state index contributed by atoms with van der Waals surface area (Å²) >= 11 is 0. The van der Waals surface area contributed by atoms with E-state index >= 15 is 0 Å². The Morgan fingerprint density at radius 2 is 1.85 bits per heavy atom. The van der Waals surface area contributed by atoms with Crippen molar-refractivity contribution in [1.29, 1.82) is 0 Å². The van der Waals surface area contributed by atoms with Crippen molar-refractivity contribution in [2.75, 3.05) is 0 Å². The van der Waals surface area contributed by atoms with Gasteiger partial charge in [0.05, 0.1) is 11.7 Å². The first kappa shape index (κ1) is 22.3. The number of hydrogen-bond acceptors (Lipinski definition) is 4. The predicted octanol–water partition coefficient (Wildman–Crippen LogP) is 4.13. The lowest BCUT2D eigenvalue weighted by atomic mass is 10.0. The molecule has 2 aromatic heterocycles. The maximum absolute atomic E-state index is 13.3. The largest absolute Gasteiger partial charge is 0.478 e. The molecule has 7 heteroatoms. The molecule has 0 bridgehead atoms. The molecule has 0 aliphatic rings. The molecule has 170 valence electrons. The van der Waals surface area contributed by atoms with E-state index in [4.69, 9.17) is 4.74 Å². The Hall–Kier alpha value is -3.87. The number of amides is 1. The maximum atomic E-state index is 13.3. The lowest BCUT2D eigenvalue weighted by Crippen LogP contribution is -2.48. The Balaban J connectivity index is 1.63. The molecule has 3 N–H and O–H groups in total. The first-order chi connectivity index (χ1) is 15.7. The molecule has 0 unspecified atom stereocenters. The van der Waals surface area contributed by atoms with Crippen molar-refractivity contribution in [3.05, 3.63) is 93.8 Å². The number of H-pyrrole nitrogens is 2. The molecule has 2 heterocycles. The van der Waals surface area contributed by atoms with Gasteiger partial charge in [-0.05, 0) is 51.5 Å². The number of rotatable bonds is 7. The van der Waals surface area contributed by atoms with Gasteiger partial charge in [0.1, 0.15) is 11.6 Å². The molecule has 7 nitrogen and oxygen atoms in total. The molecule has 0 spiro atoms. The summed E-state index contributed by atoms with van der Waals surface area (Å²) < 4.78 is 6.00. The molecule has 0 aliphatic heterocycles. The van der Waals surface area contributed by atoms with Crippen LogP contribution in [0.1, 0.15) is 42.5 Å². The summed E-state index contributed by atoms with van der Waals surface area (Å²) in [5.41, 5.74) is 2.25. The number of aromatic amines is 2. The fourth-order valence-electron chi connectivity index (χ4n) is 3.81. The molecule has 0 aliphatic carbocycles. The standard InChI is InChI=1S/C26H28N4O3/c1-16-9-11-19(12-10-16)33-26(3,4)25(32)30-22(23-14-24(31)29-17(2)28-23)13-18-15-27-21-8-6-5-7-20(18)21/h5-12,14-15,22,27H,13H2,1-4H3,(H,30,32)(H,28,29,31)/t22-/m1/s1. The highest BCUT2D eigenvalue weighted by Gasteiger charge is 2.32. The highest BCUT2D eigenvalue weighted by atomic mass is 16.5. The van der Waals surface area contributed by atoms with Crippen molar-refractivity contribution in [3.8, 4) is 5.75 Å². The third-order valence-corrected chi connectivity index (χ3v) is 5.58. The van der Waals surface area contributed by atoms with Gasteiger partial charge in [-0.1, -0.05) is 35.9 Å². The number of carbonyl (C=O) groups is 1. The average Bonchev–Trinajstić information content (AvgIpc) is 3.17. The van der Waals surface area contributed by atoms with Gasteiger partial charge in [-0.15, -0.1) is 0 Å². The zero-order valence-corrected chi connectivity index (χ0v) is 19.2. The number of aryl methyl sites for hydroxylation is 2. The minimum Gasteiger partial charge on any atom is -0.478 e. The van der Waals surface area contributed by atoms with Gasteiger partial charge in [0, 0.05) is 29.6 Å². The molecule has 1 atom stereocenters. The molecule has 0 saturated carbocycles. The number of aromatic nitrogens is 3. The van der Waals surface area contributed by atoms with Gasteiger partial charge in [-0.25, -0.2) is 4.98 Å². The first-order valence-corrected chi connectivity index (χ1v) is 10.9. The van der Waals surface area contributed by atoms with Gasteiger partial charge < -0.3 is 20.0 Å². The SMILES string of the molecule is Cc1ccc(OC(C)(C)C(=O)N[C@H](Cc2c[nH]c3ccccc23)c2cc(=O)[nH]c(C)n2)cc1. The summed E-state index contributed by atoms with van der Waals surface area (Å²) in [6.45, 7) is 7.16. The van der Waals surface area contributed by atoms with Crippen LogP contribution in [0.15, 0.2) is 65.6 Å². The van der Waals surface area contributed by atoms with Crippen LogP contribution in [-0.2, 0) is 11.2 Å². The van der Waals surface area contributed by atoms with Crippen molar-refractivity contribution < 1.29 is 9.53 Å². The lowest BCUT2D eigenvalue weighted by Gasteiger charge is -2.28. The Labute approximate surface area is 192 Å². The van der Waals surface area contributed by atoms with E-state index in [9.17, 15) is 9.59 Å². The van der Waals surface area contributed by atoms with E-state index < -0.39 is 11.6 Å². The highest BCUT2D eigenvalue weighted by Crippen LogP contribution is 2.25. The Morgan fingerprint density at radius 3 is 2.58 bits per heavy atom. The Kier molecular flexibility index (Phi) is 6.05. The second kappa shape index (κ2) is 8.94. The van der Waals surface area contributed by atoms with Crippen LogP contribution in [-0.4, -0.2) is 26.5 Å². The van der Waals surface area contributed by atoms with E-state index in [0.29, 0.717) is 23.7 Å². The summed E-state index contributed by atoms with van der Waals surface area (Å²) in [6.07, 6.45) is 2.39. The molecule has 4 rings (SSSR count). The summed E-state index contributed by atoms with van der Waals surface area (Å²) in [5, 5.41) is 4.13. The van der Waals surface area contributed by atoms with Crippen LogP contribution in [0.2, 0.25) is 0 Å². The number of carbonyl (C=O) groups excluding carboxylic acids is 1. The van der Waals surface area contributed by atoms with Crippen LogP contribution in [0.4, 0.5) is 0 Å². The average molecular weight is 445 g/mol. The normalized spacial score (nSPS) is 12.5. The zero-order valence-electron chi connectivity index (χ0n) is 19.2. The number of para-hydroxylation sites is 1. The molecule has 1 amide bonds. The second-order valence-electron chi connectivity index (χ2n) is 8.77. The van der Waals surface area contributed by atoms with Crippen LogP contribution in [0.3, 0.4) is 0 Å². The molecular formula is C26H28N4O3. The van der Waals surface area contributed by atoms with Gasteiger partial charge in [0.2, 0.25) is 0 Å². The second-order valence-corrected chi connectivity index (χ2v) is 8.77. The smallest absolute Gasteiger partial charge is 0.264 e. The molecule has 33 heavy (non-hydrogen) atoms. The molecule has 4 aromatic rings. The van der Waals surface area contributed by atoms with Crippen molar-refractivity contribution in [1.82, 2.24) is 20.3 Å². The topological polar surface area (TPSA) is 99.9 Å². The van der Waals surface area contributed by atoms with Crippen molar-refractivity contribution in [2.24, 2.45) is 0 Å². The minimum absolute atomic E-state index is 0.258. The number of nitrogens with one attached hydrogen (secondary N) is 3. The zero-order chi connectivity index (χ0) is 23.6. The summed E-state index contributed by atoms with van der Waals surface area (Å²) in [7, 11) is 0. The van der Waals surface area contributed by atoms with E-state index in [0.717, 1.165) is 22.0 Å². The Morgan fingerprint density at radius 1 is 1.12 bits per heavy atom. The van der Waals surface area contributed by atoms with Crippen molar-refractivity contribution >= 4 is 16.8 Å². The van der Waals surface area contributed by atoms with E-state index in [2.05, 4.69) is 20.3 Å². The van der Waals surface area contributed by atoms with Gasteiger partial charge >= 0.3 is 0 Å². The summed E-state index contributed by atoms with van der Waals surface area (Å²) in [6, 6.07) is 16.4. The van der Waals surface area contributed by atoms with Crippen LogP contribution in [0.5, 0.6) is 5.75 Å². The Bertz CT molecular complexity index is 1340. The van der Waals surface area contributed by atoms with Crippen LogP contribution in [0, 0.1) is 13.8 Å². The molecular weight excluding hydrogens is 416 g/mol. The number of nitrogens with zero attached hydrogens (tertiary/aromatic N) is 1. The number of hydrogen-bond donors (Lipinski definition) is 3. The number of benzene rings is 2. The first-order valence-electron chi connectivity index (χ1n) is 10.9. The lowest BCUT2D eigenvalue weighted by molar-refractivity contribution is -0.135. The molecule has 0 fully saturated rings. The fourth-order valence-corrected chi connectivity index (χ4v) is 3.81. The van der Waals surface area contributed by atoms with Gasteiger partial charge in [-0.3, -0.25) is 9.59 Å². The quantitative estimate of drug-likeness (QED) is 0.399. The maximum Gasteiger partial charge on any atom is 0.264 e. The predicted molar refractivity (Wildman–Crippen MR) is 128 cm³/mol. The third-order valence-electron chi connectivity index (χ3n) is 5.58. The van der Waals surface area contributed by atoms with Gasteiger partial charge in [0.15, 0.2) is 5.60 Å². The monoisotopic (exact) mass is 444 g/mol. The summed E-state index contributed by atoms with van der Waals surface area (Å²) in [4.78, 5) is 35.9. The third kappa shape index (κ3) is 5.14. The highest BCUT2D eigenvalue weighted by molar-refractivity contribution is 5.86. The minimum atomic E-state index is -1.13. The van der Waals surface area contributed by atoms with E-state index in [1.165, 1.54) is 6.07 Å². The van der Waals surface area contributed by atoms with Gasteiger partial charge in [0.25, 0.3) is 11.5 Å². The molecule has 0 radical (unpaired) electrons. The van der Waals surface area contributed by atoms with Crippen LogP contribution >= 0.6 is 0 Å². The van der Waals surface area contributed by atoms with Crippen LogP contribution < -0.4 is 15.6 Å². The van der Waals surface area contributed by atoms with Crippen molar-refractivity contribution in [3.63, 3.8) is 0 Å². The summed E-state index contributed by atoms with van der Waals surface area (Å²) in [5.74, 6) is 0.803. The number of ether oxygens (including phenoxy) is 1.